The monoisotopic (exact) mass is 290 g/mol. The van der Waals surface area contributed by atoms with Crippen molar-refractivity contribution in [1.29, 1.82) is 0 Å². The van der Waals surface area contributed by atoms with Crippen LogP contribution in [0.25, 0.3) is 0 Å². The van der Waals surface area contributed by atoms with E-state index in [-0.39, 0.29) is 23.2 Å². The molecule has 0 atom stereocenters. The topological polar surface area (TPSA) is 113 Å². The summed E-state index contributed by atoms with van der Waals surface area (Å²) >= 11 is 0. The predicted octanol–water partition coefficient (Wildman–Crippen LogP) is 2.38. The zero-order valence-corrected chi connectivity index (χ0v) is 11.8. The van der Waals surface area contributed by atoms with Crippen LogP contribution in [0.15, 0.2) is 18.2 Å². The molecule has 0 saturated carbocycles. The largest absolute Gasteiger partial charge is 0.493 e. The molecule has 0 spiro atoms. The number of nitro groups is 1. The summed E-state index contributed by atoms with van der Waals surface area (Å²) in [4.78, 5) is 18.1. The Morgan fingerprint density at radius 2 is 1.95 bits per heavy atom. The molecule has 0 fully saturated rings. The fraction of sp³-hybridized carbons (Fsp3) is 0.231. The minimum Gasteiger partial charge on any atom is -0.493 e. The lowest BCUT2D eigenvalue weighted by Crippen LogP contribution is -2.05. The molecular formula is C13H14N4O4. The number of aryl methyl sites for hydroxylation is 2. The summed E-state index contributed by atoms with van der Waals surface area (Å²) in [5, 5.41) is 11.1. The van der Waals surface area contributed by atoms with Gasteiger partial charge >= 0.3 is 11.6 Å². The SMILES string of the molecule is COc1cc(C)ccc1Oc1nc(N)nc(C)c1[N+](=O)[O-]. The van der Waals surface area contributed by atoms with Gasteiger partial charge in [0, 0.05) is 0 Å². The van der Waals surface area contributed by atoms with Crippen molar-refractivity contribution in [2.75, 3.05) is 12.8 Å². The predicted molar refractivity (Wildman–Crippen MR) is 75.6 cm³/mol. The van der Waals surface area contributed by atoms with Crippen molar-refractivity contribution in [2.24, 2.45) is 0 Å². The standard InChI is InChI=1S/C13H14N4O4/c1-7-4-5-9(10(6-7)20-3)21-12-11(17(18)19)8(2)15-13(14)16-12/h4-6H,1-3H3,(H2,14,15,16). The van der Waals surface area contributed by atoms with Gasteiger partial charge in [0.05, 0.1) is 12.0 Å². The molecule has 110 valence electrons. The maximum absolute atomic E-state index is 11.1. The van der Waals surface area contributed by atoms with E-state index < -0.39 is 4.92 Å². The van der Waals surface area contributed by atoms with Crippen LogP contribution in [0.5, 0.6) is 17.4 Å². The summed E-state index contributed by atoms with van der Waals surface area (Å²) in [7, 11) is 1.48. The van der Waals surface area contributed by atoms with Gasteiger partial charge in [0.2, 0.25) is 5.95 Å². The molecule has 1 aromatic carbocycles. The molecule has 8 heteroatoms. The lowest BCUT2D eigenvalue weighted by Gasteiger charge is -2.11. The Balaban J connectivity index is 2.51. The first-order valence-corrected chi connectivity index (χ1v) is 6.03. The van der Waals surface area contributed by atoms with Crippen LogP contribution in [0.2, 0.25) is 0 Å². The first-order valence-electron chi connectivity index (χ1n) is 6.03. The number of nitrogens with two attached hydrogens (primary N) is 1. The molecule has 0 unspecified atom stereocenters. The van der Waals surface area contributed by atoms with Crippen LogP contribution in [0.4, 0.5) is 11.6 Å². The van der Waals surface area contributed by atoms with Crippen molar-refractivity contribution >= 4 is 11.6 Å². The Labute approximate surface area is 120 Å². The second-order valence-electron chi connectivity index (χ2n) is 4.33. The lowest BCUT2D eigenvalue weighted by molar-refractivity contribution is -0.386. The van der Waals surface area contributed by atoms with Crippen LogP contribution >= 0.6 is 0 Å². The molecule has 0 bridgehead atoms. The summed E-state index contributed by atoms with van der Waals surface area (Å²) in [6.07, 6.45) is 0. The third-order valence-electron chi connectivity index (χ3n) is 2.75. The van der Waals surface area contributed by atoms with Crippen molar-refractivity contribution in [2.45, 2.75) is 13.8 Å². The Kier molecular flexibility index (Phi) is 3.88. The fourth-order valence-electron chi connectivity index (χ4n) is 1.81. The summed E-state index contributed by atoms with van der Waals surface area (Å²) in [5.41, 5.74) is 6.29. The molecule has 2 N–H and O–H groups in total. The quantitative estimate of drug-likeness (QED) is 0.679. The molecular weight excluding hydrogens is 276 g/mol. The third kappa shape index (κ3) is 2.99. The lowest BCUT2D eigenvalue weighted by atomic mass is 10.2. The molecule has 2 aromatic rings. The van der Waals surface area contributed by atoms with Crippen LogP contribution in [0, 0.1) is 24.0 Å². The van der Waals surface area contributed by atoms with E-state index in [0.717, 1.165) is 5.56 Å². The molecule has 1 heterocycles. The number of rotatable bonds is 4. The zero-order valence-electron chi connectivity index (χ0n) is 11.8. The Hall–Kier alpha value is -2.90. The van der Waals surface area contributed by atoms with E-state index >= 15 is 0 Å². The van der Waals surface area contributed by atoms with E-state index in [1.807, 2.05) is 6.92 Å². The smallest absolute Gasteiger partial charge is 0.352 e. The maximum Gasteiger partial charge on any atom is 0.352 e. The Morgan fingerprint density at radius 1 is 1.24 bits per heavy atom. The number of aromatic nitrogens is 2. The van der Waals surface area contributed by atoms with Crippen LogP contribution in [-0.4, -0.2) is 22.0 Å². The number of ether oxygens (including phenoxy) is 2. The second-order valence-corrected chi connectivity index (χ2v) is 4.33. The highest BCUT2D eigenvalue weighted by Gasteiger charge is 2.24. The molecule has 8 nitrogen and oxygen atoms in total. The van der Waals surface area contributed by atoms with Gasteiger partial charge in [-0.1, -0.05) is 6.07 Å². The van der Waals surface area contributed by atoms with E-state index in [2.05, 4.69) is 9.97 Å². The van der Waals surface area contributed by atoms with Gasteiger partial charge in [-0.15, -0.1) is 0 Å². The van der Waals surface area contributed by atoms with Crippen molar-refractivity contribution in [3.63, 3.8) is 0 Å². The van der Waals surface area contributed by atoms with Gasteiger partial charge in [-0.3, -0.25) is 10.1 Å². The summed E-state index contributed by atoms with van der Waals surface area (Å²) in [6.45, 7) is 3.36. The molecule has 21 heavy (non-hydrogen) atoms. The number of hydrogen-bond acceptors (Lipinski definition) is 7. The van der Waals surface area contributed by atoms with Gasteiger partial charge in [0.25, 0.3) is 0 Å². The highest BCUT2D eigenvalue weighted by molar-refractivity contribution is 5.52. The molecule has 0 radical (unpaired) electrons. The average molecular weight is 290 g/mol. The van der Waals surface area contributed by atoms with E-state index in [1.54, 1.807) is 18.2 Å². The number of anilines is 1. The van der Waals surface area contributed by atoms with Gasteiger partial charge in [-0.25, -0.2) is 4.98 Å². The van der Waals surface area contributed by atoms with Gasteiger partial charge in [-0.2, -0.15) is 4.98 Å². The number of hydrogen-bond donors (Lipinski definition) is 1. The highest BCUT2D eigenvalue weighted by atomic mass is 16.6. The second kappa shape index (κ2) is 5.61. The molecule has 0 aliphatic carbocycles. The minimum atomic E-state index is -0.606. The summed E-state index contributed by atoms with van der Waals surface area (Å²) in [6, 6.07) is 5.19. The minimum absolute atomic E-state index is 0.0980. The van der Waals surface area contributed by atoms with Gasteiger partial charge < -0.3 is 15.2 Å². The molecule has 0 aliphatic rings. The normalized spacial score (nSPS) is 10.2. The van der Waals surface area contributed by atoms with Crippen LogP contribution in [-0.2, 0) is 0 Å². The molecule has 0 amide bonds. The number of nitrogens with zero attached hydrogens (tertiary/aromatic N) is 3. The first-order chi connectivity index (χ1) is 9.92. The molecule has 1 aromatic heterocycles. The van der Waals surface area contributed by atoms with Crippen molar-refractivity contribution in [3.8, 4) is 17.4 Å². The van der Waals surface area contributed by atoms with Crippen LogP contribution in [0.3, 0.4) is 0 Å². The van der Waals surface area contributed by atoms with Crippen LogP contribution in [0.1, 0.15) is 11.3 Å². The third-order valence-corrected chi connectivity index (χ3v) is 2.75. The Bertz CT molecular complexity index is 703. The number of methoxy groups -OCH3 is 1. The molecule has 0 saturated heterocycles. The summed E-state index contributed by atoms with van der Waals surface area (Å²) in [5.74, 6) is 0.439. The van der Waals surface area contributed by atoms with E-state index in [1.165, 1.54) is 14.0 Å². The first kappa shape index (κ1) is 14.5. The van der Waals surface area contributed by atoms with Gasteiger partial charge in [0.15, 0.2) is 11.5 Å². The van der Waals surface area contributed by atoms with Crippen molar-refractivity contribution < 1.29 is 14.4 Å². The van der Waals surface area contributed by atoms with Crippen molar-refractivity contribution in [1.82, 2.24) is 9.97 Å². The van der Waals surface area contributed by atoms with Gasteiger partial charge in [-0.05, 0) is 31.5 Å². The van der Waals surface area contributed by atoms with Crippen molar-refractivity contribution in [3.05, 3.63) is 39.6 Å². The van der Waals surface area contributed by atoms with Crippen LogP contribution < -0.4 is 15.2 Å². The molecule has 0 aliphatic heterocycles. The fourth-order valence-corrected chi connectivity index (χ4v) is 1.81. The number of nitrogen functional groups attached to an aromatic ring is 1. The number of benzene rings is 1. The maximum atomic E-state index is 11.1. The average Bonchev–Trinajstić information content (AvgIpc) is 2.39. The summed E-state index contributed by atoms with van der Waals surface area (Å²) < 4.78 is 10.7. The Morgan fingerprint density at radius 3 is 2.57 bits per heavy atom. The molecule has 2 rings (SSSR count). The highest BCUT2D eigenvalue weighted by Crippen LogP contribution is 2.36. The van der Waals surface area contributed by atoms with Gasteiger partial charge in [0.1, 0.15) is 5.69 Å². The van der Waals surface area contributed by atoms with E-state index in [4.69, 9.17) is 15.2 Å². The van der Waals surface area contributed by atoms with E-state index in [9.17, 15) is 10.1 Å². The van der Waals surface area contributed by atoms with E-state index in [0.29, 0.717) is 11.5 Å². The zero-order chi connectivity index (χ0) is 15.6.